The molecule has 1 rings (SSSR count). The molecule has 1 aromatic heterocycles. The van der Waals surface area contributed by atoms with Crippen molar-refractivity contribution in [3.8, 4) is 0 Å². The monoisotopic (exact) mass is 261 g/mol. The van der Waals surface area contributed by atoms with Crippen LogP contribution in [0.25, 0.3) is 0 Å². The summed E-state index contributed by atoms with van der Waals surface area (Å²) >= 11 is 11.5. The van der Waals surface area contributed by atoms with Crippen molar-refractivity contribution in [1.29, 1.82) is 0 Å². The lowest BCUT2D eigenvalue weighted by Gasteiger charge is -2.12. The topological polar surface area (TPSA) is 59.4 Å². The van der Waals surface area contributed by atoms with Crippen LogP contribution in [0.5, 0.6) is 0 Å². The van der Waals surface area contributed by atoms with Crippen molar-refractivity contribution < 1.29 is 14.6 Å². The molecule has 1 atom stereocenters. The number of methoxy groups -OCH3 is 1. The van der Waals surface area contributed by atoms with Crippen molar-refractivity contribution in [3.05, 3.63) is 40.2 Å². The highest BCUT2D eigenvalue weighted by Crippen LogP contribution is 2.27. The molecule has 0 bridgehead atoms. The van der Waals surface area contributed by atoms with E-state index in [-0.39, 0.29) is 16.3 Å². The molecule has 0 aliphatic carbocycles. The highest BCUT2D eigenvalue weighted by atomic mass is 35.5. The van der Waals surface area contributed by atoms with E-state index in [1.54, 1.807) is 0 Å². The molecule has 0 radical (unpaired) electrons. The van der Waals surface area contributed by atoms with E-state index >= 15 is 0 Å². The minimum absolute atomic E-state index is 0.112. The first kappa shape index (κ1) is 13.0. The van der Waals surface area contributed by atoms with Gasteiger partial charge in [0.25, 0.3) is 0 Å². The zero-order valence-electron chi connectivity index (χ0n) is 8.41. The standard InChI is InChI=1S/C10H9Cl2NO3/c1-5(10(15)16-2)9(14)8-7(12)3-6(11)4-13-8/h3-4,9,14H,1H2,2H3. The molecule has 0 aromatic carbocycles. The molecule has 0 fully saturated rings. The molecular formula is C10H9Cl2NO3. The summed E-state index contributed by atoms with van der Waals surface area (Å²) in [5.74, 6) is -0.722. The molecular weight excluding hydrogens is 253 g/mol. The van der Waals surface area contributed by atoms with Crippen molar-refractivity contribution in [1.82, 2.24) is 4.98 Å². The fourth-order valence-corrected chi connectivity index (χ4v) is 1.52. The largest absolute Gasteiger partial charge is 0.466 e. The first-order chi connectivity index (χ1) is 7.47. The molecule has 0 saturated carbocycles. The molecule has 1 aromatic rings. The Kier molecular flexibility index (Phi) is 4.29. The number of ether oxygens (including phenoxy) is 1. The van der Waals surface area contributed by atoms with Crippen LogP contribution in [0.2, 0.25) is 10.0 Å². The molecule has 86 valence electrons. The predicted octanol–water partition coefficient (Wildman–Crippen LogP) is 2.15. The van der Waals surface area contributed by atoms with Gasteiger partial charge in [-0.05, 0) is 6.07 Å². The number of hydrogen-bond acceptors (Lipinski definition) is 4. The molecule has 1 heterocycles. The van der Waals surface area contributed by atoms with Crippen molar-refractivity contribution in [2.75, 3.05) is 7.11 Å². The van der Waals surface area contributed by atoms with E-state index in [2.05, 4.69) is 16.3 Å². The second-order valence-electron chi connectivity index (χ2n) is 2.94. The Morgan fingerprint density at radius 2 is 2.25 bits per heavy atom. The smallest absolute Gasteiger partial charge is 0.336 e. The summed E-state index contributed by atoms with van der Waals surface area (Å²) in [6.45, 7) is 3.41. The SMILES string of the molecule is C=C(C(=O)OC)C(O)c1ncc(Cl)cc1Cl. The average Bonchev–Trinajstić information content (AvgIpc) is 2.26. The fraction of sp³-hybridized carbons (Fsp3) is 0.200. The van der Waals surface area contributed by atoms with Crippen LogP contribution in [0.4, 0.5) is 0 Å². The number of hydrogen-bond donors (Lipinski definition) is 1. The maximum atomic E-state index is 11.1. The quantitative estimate of drug-likeness (QED) is 0.669. The van der Waals surface area contributed by atoms with Crippen molar-refractivity contribution in [2.24, 2.45) is 0 Å². The number of rotatable bonds is 3. The van der Waals surface area contributed by atoms with E-state index in [0.717, 1.165) is 0 Å². The summed E-state index contributed by atoms with van der Waals surface area (Å²) in [4.78, 5) is 15.0. The van der Waals surface area contributed by atoms with E-state index in [9.17, 15) is 9.90 Å². The fourth-order valence-electron chi connectivity index (χ4n) is 1.03. The third-order valence-corrected chi connectivity index (χ3v) is 2.38. The second-order valence-corrected chi connectivity index (χ2v) is 3.78. The van der Waals surface area contributed by atoms with Gasteiger partial charge in [0.1, 0.15) is 6.10 Å². The number of nitrogens with zero attached hydrogens (tertiary/aromatic N) is 1. The Balaban J connectivity index is 3.01. The first-order valence-electron chi connectivity index (χ1n) is 4.23. The highest BCUT2D eigenvalue weighted by Gasteiger charge is 2.22. The number of halogens is 2. The summed E-state index contributed by atoms with van der Waals surface area (Å²) in [5, 5.41) is 10.3. The molecule has 4 nitrogen and oxygen atoms in total. The molecule has 1 N–H and O–H groups in total. The summed E-state index contributed by atoms with van der Waals surface area (Å²) in [6, 6.07) is 1.42. The molecule has 0 aliphatic rings. The average molecular weight is 262 g/mol. The summed E-state index contributed by atoms with van der Waals surface area (Å²) in [7, 11) is 1.19. The molecule has 1 unspecified atom stereocenters. The number of aliphatic hydroxyl groups excluding tert-OH is 1. The minimum Gasteiger partial charge on any atom is -0.466 e. The summed E-state index contributed by atoms with van der Waals surface area (Å²) in [6.07, 6.45) is 0.00789. The number of pyridine rings is 1. The first-order valence-corrected chi connectivity index (χ1v) is 4.99. The highest BCUT2D eigenvalue weighted by molar-refractivity contribution is 6.34. The summed E-state index contributed by atoms with van der Waals surface area (Å²) < 4.78 is 4.42. The van der Waals surface area contributed by atoms with Crippen LogP contribution < -0.4 is 0 Å². The van der Waals surface area contributed by atoms with Gasteiger partial charge in [-0.15, -0.1) is 0 Å². The Morgan fingerprint density at radius 1 is 1.62 bits per heavy atom. The number of carbonyl (C=O) groups is 1. The molecule has 6 heteroatoms. The van der Waals surface area contributed by atoms with Crippen LogP contribution >= 0.6 is 23.2 Å². The van der Waals surface area contributed by atoms with Gasteiger partial charge in [-0.25, -0.2) is 4.79 Å². The van der Waals surface area contributed by atoms with Gasteiger partial charge < -0.3 is 9.84 Å². The number of aliphatic hydroxyl groups is 1. The lowest BCUT2D eigenvalue weighted by atomic mass is 10.1. The van der Waals surface area contributed by atoms with Crippen LogP contribution in [0.15, 0.2) is 24.4 Å². The van der Waals surface area contributed by atoms with Crippen LogP contribution in [-0.2, 0) is 9.53 Å². The summed E-state index contributed by atoms with van der Waals surface area (Å²) in [5.41, 5.74) is -0.0271. The zero-order chi connectivity index (χ0) is 12.3. The zero-order valence-corrected chi connectivity index (χ0v) is 9.92. The molecule has 0 spiro atoms. The van der Waals surface area contributed by atoms with Crippen LogP contribution in [0.3, 0.4) is 0 Å². The molecule has 0 saturated heterocycles. The van der Waals surface area contributed by atoms with Gasteiger partial charge in [0.15, 0.2) is 0 Å². The number of aromatic nitrogens is 1. The van der Waals surface area contributed by atoms with E-state index < -0.39 is 12.1 Å². The van der Waals surface area contributed by atoms with Gasteiger partial charge in [0, 0.05) is 6.20 Å². The van der Waals surface area contributed by atoms with Crippen LogP contribution in [0, 0.1) is 0 Å². The maximum absolute atomic E-state index is 11.1. The second kappa shape index (κ2) is 5.30. The van der Waals surface area contributed by atoms with Crippen molar-refractivity contribution in [3.63, 3.8) is 0 Å². The third-order valence-electron chi connectivity index (χ3n) is 1.87. The van der Waals surface area contributed by atoms with E-state index in [0.29, 0.717) is 5.02 Å². The Labute approximate surface area is 102 Å². The molecule has 0 aliphatic heterocycles. The van der Waals surface area contributed by atoms with Gasteiger partial charge in [-0.3, -0.25) is 4.98 Å². The minimum atomic E-state index is -1.31. The van der Waals surface area contributed by atoms with E-state index in [1.165, 1.54) is 19.4 Å². The number of carbonyl (C=O) groups excluding carboxylic acids is 1. The van der Waals surface area contributed by atoms with Crippen molar-refractivity contribution >= 4 is 29.2 Å². The Morgan fingerprint density at radius 3 is 2.75 bits per heavy atom. The van der Waals surface area contributed by atoms with Gasteiger partial charge in [-0.1, -0.05) is 29.8 Å². The van der Waals surface area contributed by atoms with Crippen molar-refractivity contribution in [2.45, 2.75) is 6.10 Å². The van der Waals surface area contributed by atoms with Gasteiger partial charge in [0.05, 0.1) is 28.4 Å². The normalized spacial score (nSPS) is 12.0. The maximum Gasteiger partial charge on any atom is 0.336 e. The van der Waals surface area contributed by atoms with Gasteiger partial charge in [-0.2, -0.15) is 0 Å². The van der Waals surface area contributed by atoms with Crippen LogP contribution in [-0.4, -0.2) is 23.2 Å². The van der Waals surface area contributed by atoms with Crippen LogP contribution in [0.1, 0.15) is 11.8 Å². The molecule has 16 heavy (non-hydrogen) atoms. The van der Waals surface area contributed by atoms with E-state index in [4.69, 9.17) is 23.2 Å². The molecule has 0 amide bonds. The van der Waals surface area contributed by atoms with E-state index in [1.807, 2.05) is 0 Å². The van der Waals surface area contributed by atoms with Gasteiger partial charge in [0.2, 0.25) is 0 Å². The van der Waals surface area contributed by atoms with Gasteiger partial charge >= 0.3 is 5.97 Å². The predicted molar refractivity (Wildman–Crippen MR) is 60.4 cm³/mol. The number of esters is 1. The Hall–Kier alpha value is -1.10. The third kappa shape index (κ3) is 2.72. The lowest BCUT2D eigenvalue weighted by Crippen LogP contribution is -2.13. The lowest BCUT2D eigenvalue weighted by molar-refractivity contribution is -0.137. The Bertz CT molecular complexity index is 434.